The SMILES string of the molecule is CC(O)c1cc(Br)c(N)c(CN(C)C)c1. The smallest absolute Gasteiger partial charge is 0.0762 e. The van der Waals surface area contributed by atoms with Crippen LogP contribution in [0.3, 0.4) is 0 Å². The maximum absolute atomic E-state index is 9.52. The summed E-state index contributed by atoms with van der Waals surface area (Å²) >= 11 is 3.40. The van der Waals surface area contributed by atoms with Gasteiger partial charge in [0.15, 0.2) is 0 Å². The van der Waals surface area contributed by atoms with Gasteiger partial charge in [-0.1, -0.05) is 0 Å². The van der Waals surface area contributed by atoms with Gasteiger partial charge in [0.05, 0.1) is 11.8 Å². The molecule has 3 nitrogen and oxygen atoms in total. The van der Waals surface area contributed by atoms with Gasteiger partial charge >= 0.3 is 0 Å². The number of nitrogens with two attached hydrogens (primary N) is 1. The van der Waals surface area contributed by atoms with Gasteiger partial charge in [-0.15, -0.1) is 0 Å². The van der Waals surface area contributed by atoms with Crippen molar-refractivity contribution in [3.8, 4) is 0 Å². The molecule has 3 N–H and O–H groups in total. The van der Waals surface area contributed by atoms with E-state index in [1.165, 1.54) is 0 Å². The van der Waals surface area contributed by atoms with E-state index in [2.05, 4.69) is 15.9 Å². The minimum absolute atomic E-state index is 0.470. The third-order valence-corrected chi connectivity index (χ3v) is 2.86. The number of aliphatic hydroxyl groups excluding tert-OH is 1. The summed E-state index contributed by atoms with van der Waals surface area (Å²) < 4.78 is 0.845. The molecule has 84 valence electrons. The van der Waals surface area contributed by atoms with Crippen LogP contribution < -0.4 is 5.73 Å². The van der Waals surface area contributed by atoms with E-state index in [1.54, 1.807) is 6.92 Å². The van der Waals surface area contributed by atoms with E-state index in [9.17, 15) is 5.11 Å². The minimum atomic E-state index is -0.470. The Hall–Kier alpha value is -0.580. The highest BCUT2D eigenvalue weighted by atomic mass is 79.9. The van der Waals surface area contributed by atoms with Crippen LogP contribution in [0.5, 0.6) is 0 Å². The predicted molar refractivity (Wildman–Crippen MR) is 66.6 cm³/mol. The number of rotatable bonds is 3. The Bertz CT molecular complexity index is 351. The average molecular weight is 273 g/mol. The van der Waals surface area contributed by atoms with Crippen molar-refractivity contribution in [3.63, 3.8) is 0 Å². The Morgan fingerprint density at radius 2 is 2.07 bits per heavy atom. The molecule has 0 heterocycles. The maximum Gasteiger partial charge on any atom is 0.0762 e. The highest BCUT2D eigenvalue weighted by molar-refractivity contribution is 9.10. The second-order valence-corrected chi connectivity index (χ2v) is 4.84. The third-order valence-electron chi connectivity index (χ3n) is 2.21. The average Bonchev–Trinajstić information content (AvgIpc) is 2.11. The molecule has 0 aliphatic carbocycles. The molecular formula is C11H17BrN2O. The van der Waals surface area contributed by atoms with E-state index in [0.29, 0.717) is 0 Å². The zero-order valence-electron chi connectivity index (χ0n) is 9.29. The normalized spacial score (nSPS) is 13.2. The van der Waals surface area contributed by atoms with Gasteiger partial charge in [-0.3, -0.25) is 0 Å². The monoisotopic (exact) mass is 272 g/mol. The predicted octanol–water partition coefficient (Wildman–Crippen LogP) is 2.15. The fourth-order valence-electron chi connectivity index (χ4n) is 1.41. The molecule has 0 saturated carbocycles. The van der Waals surface area contributed by atoms with Crippen molar-refractivity contribution < 1.29 is 5.11 Å². The molecule has 0 spiro atoms. The van der Waals surface area contributed by atoms with Gasteiger partial charge in [-0.25, -0.2) is 0 Å². The first kappa shape index (κ1) is 12.5. The van der Waals surface area contributed by atoms with Gasteiger partial charge in [0.25, 0.3) is 0 Å². The molecule has 0 radical (unpaired) electrons. The standard InChI is InChI=1S/C11H17BrN2O/c1-7(15)8-4-9(6-14(2)3)11(13)10(12)5-8/h4-5,7,15H,6,13H2,1-3H3. The van der Waals surface area contributed by atoms with Crippen LogP contribution in [0.2, 0.25) is 0 Å². The van der Waals surface area contributed by atoms with Crippen molar-refractivity contribution in [3.05, 3.63) is 27.7 Å². The number of hydrogen-bond donors (Lipinski definition) is 2. The highest BCUT2D eigenvalue weighted by Crippen LogP contribution is 2.28. The summed E-state index contributed by atoms with van der Waals surface area (Å²) in [5, 5.41) is 9.52. The number of anilines is 1. The van der Waals surface area contributed by atoms with Gasteiger partial charge in [0.1, 0.15) is 0 Å². The Morgan fingerprint density at radius 1 is 1.47 bits per heavy atom. The van der Waals surface area contributed by atoms with Crippen LogP contribution in [0.25, 0.3) is 0 Å². The molecule has 0 aromatic heterocycles. The van der Waals surface area contributed by atoms with Crippen LogP contribution in [0.4, 0.5) is 5.69 Å². The minimum Gasteiger partial charge on any atom is -0.398 e. The Morgan fingerprint density at radius 3 is 2.53 bits per heavy atom. The van der Waals surface area contributed by atoms with Gasteiger partial charge in [-0.05, 0) is 60.2 Å². The van der Waals surface area contributed by atoms with Crippen molar-refractivity contribution in [1.29, 1.82) is 0 Å². The van der Waals surface area contributed by atoms with Crippen molar-refractivity contribution >= 4 is 21.6 Å². The number of nitrogen functional groups attached to an aromatic ring is 1. The molecule has 15 heavy (non-hydrogen) atoms. The molecule has 0 bridgehead atoms. The summed E-state index contributed by atoms with van der Waals surface area (Å²) in [4.78, 5) is 2.05. The second-order valence-electron chi connectivity index (χ2n) is 3.99. The molecule has 1 aromatic carbocycles. The number of benzene rings is 1. The summed E-state index contributed by atoms with van der Waals surface area (Å²) in [6.45, 7) is 2.52. The topological polar surface area (TPSA) is 49.5 Å². The van der Waals surface area contributed by atoms with Crippen LogP contribution in [0.15, 0.2) is 16.6 Å². The summed E-state index contributed by atoms with van der Waals surface area (Å²) in [6.07, 6.45) is -0.470. The molecule has 0 aliphatic rings. The number of aliphatic hydroxyl groups is 1. The highest BCUT2D eigenvalue weighted by Gasteiger charge is 2.09. The van der Waals surface area contributed by atoms with Crippen molar-refractivity contribution in [2.45, 2.75) is 19.6 Å². The van der Waals surface area contributed by atoms with Crippen LogP contribution >= 0.6 is 15.9 Å². The lowest BCUT2D eigenvalue weighted by molar-refractivity contribution is 0.199. The van der Waals surface area contributed by atoms with Gasteiger partial charge in [0.2, 0.25) is 0 Å². The van der Waals surface area contributed by atoms with Crippen molar-refractivity contribution in [2.24, 2.45) is 0 Å². The lowest BCUT2D eigenvalue weighted by Crippen LogP contribution is -2.13. The third kappa shape index (κ3) is 3.19. The Labute approximate surface area is 99.0 Å². The molecule has 0 amide bonds. The molecule has 0 fully saturated rings. The van der Waals surface area contributed by atoms with E-state index in [1.807, 2.05) is 31.1 Å². The second kappa shape index (κ2) is 4.96. The van der Waals surface area contributed by atoms with Crippen LogP contribution in [-0.4, -0.2) is 24.1 Å². The van der Waals surface area contributed by atoms with E-state index >= 15 is 0 Å². The molecule has 0 saturated heterocycles. The zero-order valence-corrected chi connectivity index (χ0v) is 10.9. The molecule has 1 atom stereocenters. The van der Waals surface area contributed by atoms with Crippen molar-refractivity contribution in [2.75, 3.05) is 19.8 Å². The molecule has 1 aromatic rings. The summed E-state index contributed by atoms with van der Waals surface area (Å²) in [6, 6.07) is 3.81. The molecule has 1 rings (SSSR count). The van der Waals surface area contributed by atoms with Gasteiger partial charge < -0.3 is 15.7 Å². The fourth-order valence-corrected chi connectivity index (χ4v) is 1.93. The first-order chi connectivity index (χ1) is 6.91. The summed E-state index contributed by atoms with van der Waals surface area (Å²) in [7, 11) is 3.98. The first-order valence-corrected chi connectivity index (χ1v) is 5.61. The molecule has 4 heteroatoms. The first-order valence-electron chi connectivity index (χ1n) is 4.82. The Kier molecular flexibility index (Phi) is 4.13. The quantitative estimate of drug-likeness (QED) is 0.830. The van der Waals surface area contributed by atoms with Gasteiger partial charge in [0, 0.05) is 11.0 Å². The van der Waals surface area contributed by atoms with E-state index in [0.717, 1.165) is 27.8 Å². The number of nitrogens with zero attached hydrogens (tertiary/aromatic N) is 1. The van der Waals surface area contributed by atoms with Crippen LogP contribution in [0, 0.1) is 0 Å². The summed E-state index contributed by atoms with van der Waals surface area (Å²) in [5.41, 5.74) is 8.60. The zero-order chi connectivity index (χ0) is 11.6. The van der Waals surface area contributed by atoms with E-state index in [-0.39, 0.29) is 0 Å². The largest absolute Gasteiger partial charge is 0.398 e. The number of hydrogen-bond acceptors (Lipinski definition) is 3. The molecule has 0 aliphatic heterocycles. The molecular weight excluding hydrogens is 256 g/mol. The summed E-state index contributed by atoms with van der Waals surface area (Å²) in [5.74, 6) is 0. The Balaban J connectivity index is 3.13. The van der Waals surface area contributed by atoms with Gasteiger partial charge in [-0.2, -0.15) is 0 Å². The lowest BCUT2D eigenvalue weighted by Gasteiger charge is -2.16. The molecule has 1 unspecified atom stereocenters. The lowest BCUT2D eigenvalue weighted by atomic mass is 10.1. The van der Waals surface area contributed by atoms with E-state index in [4.69, 9.17) is 5.73 Å². The van der Waals surface area contributed by atoms with Crippen LogP contribution in [0.1, 0.15) is 24.2 Å². The fraction of sp³-hybridized carbons (Fsp3) is 0.455. The van der Waals surface area contributed by atoms with Crippen LogP contribution in [-0.2, 0) is 6.54 Å². The van der Waals surface area contributed by atoms with E-state index < -0.39 is 6.10 Å². The maximum atomic E-state index is 9.52. The van der Waals surface area contributed by atoms with Crippen molar-refractivity contribution in [1.82, 2.24) is 4.90 Å². The number of halogens is 1.